The average Bonchev–Trinajstić information content (AvgIpc) is 2.69. The van der Waals surface area contributed by atoms with Gasteiger partial charge in [-0.3, -0.25) is 0 Å². The molecule has 0 N–H and O–H groups in total. The van der Waals surface area contributed by atoms with Gasteiger partial charge in [0.05, 0.1) is 11.8 Å². The molecule has 0 aliphatic heterocycles. The third-order valence-electron chi connectivity index (χ3n) is 3.02. The SMILES string of the molecule is CCC(C)c1cnc2ncn(CC)c2c1. The molecule has 0 aliphatic carbocycles. The number of aryl methyl sites for hydroxylation is 1. The molecule has 2 rings (SSSR count). The Balaban J connectivity index is 2.52. The van der Waals surface area contributed by atoms with E-state index < -0.39 is 0 Å². The lowest BCUT2D eigenvalue weighted by atomic mass is 10.0. The van der Waals surface area contributed by atoms with Crippen molar-refractivity contribution in [1.82, 2.24) is 14.5 Å². The molecule has 15 heavy (non-hydrogen) atoms. The summed E-state index contributed by atoms with van der Waals surface area (Å²) in [7, 11) is 0. The van der Waals surface area contributed by atoms with Gasteiger partial charge < -0.3 is 4.57 Å². The number of pyridine rings is 1. The Bertz CT molecular complexity index is 459. The van der Waals surface area contributed by atoms with Crippen LogP contribution in [0.15, 0.2) is 18.6 Å². The smallest absolute Gasteiger partial charge is 0.177 e. The van der Waals surface area contributed by atoms with Crippen molar-refractivity contribution in [3.8, 4) is 0 Å². The second kappa shape index (κ2) is 4.01. The van der Waals surface area contributed by atoms with Gasteiger partial charge >= 0.3 is 0 Å². The number of hydrogen-bond donors (Lipinski definition) is 0. The van der Waals surface area contributed by atoms with E-state index in [9.17, 15) is 0 Å². The van der Waals surface area contributed by atoms with Gasteiger partial charge in [-0.1, -0.05) is 13.8 Å². The summed E-state index contributed by atoms with van der Waals surface area (Å²) in [5.74, 6) is 0.571. The summed E-state index contributed by atoms with van der Waals surface area (Å²) in [6.07, 6.45) is 4.95. The van der Waals surface area contributed by atoms with E-state index in [1.807, 2.05) is 12.5 Å². The molecule has 0 amide bonds. The average molecular weight is 203 g/mol. The van der Waals surface area contributed by atoms with Crippen molar-refractivity contribution < 1.29 is 0 Å². The molecule has 0 aliphatic rings. The number of aromatic nitrogens is 3. The monoisotopic (exact) mass is 203 g/mol. The molecule has 1 unspecified atom stereocenters. The van der Waals surface area contributed by atoms with Crippen LogP contribution in [0.5, 0.6) is 0 Å². The van der Waals surface area contributed by atoms with E-state index in [1.54, 1.807) is 0 Å². The lowest BCUT2D eigenvalue weighted by Gasteiger charge is -2.08. The van der Waals surface area contributed by atoms with Gasteiger partial charge in [0.1, 0.15) is 0 Å². The maximum atomic E-state index is 4.39. The van der Waals surface area contributed by atoms with Crippen molar-refractivity contribution in [2.75, 3.05) is 0 Å². The molecular weight excluding hydrogens is 186 g/mol. The Kier molecular flexibility index (Phi) is 2.71. The van der Waals surface area contributed by atoms with Gasteiger partial charge in [-0.15, -0.1) is 0 Å². The molecule has 3 heteroatoms. The highest BCUT2D eigenvalue weighted by Gasteiger charge is 2.07. The molecule has 0 spiro atoms. The first-order chi connectivity index (χ1) is 7.26. The van der Waals surface area contributed by atoms with Crippen LogP contribution in [0.25, 0.3) is 11.2 Å². The number of imidazole rings is 1. The molecule has 2 aromatic heterocycles. The Morgan fingerprint density at radius 3 is 2.80 bits per heavy atom. The highest BCUT2D eigenvalue weighted by Crippen LogP contribution is 2.21. The van der Waals surface area contributed by atoms with Crippen molar-refractivity contribution in [3.05, 3.63) is 24.2 Å². The van der Waals surface area contributed by atoms with Gasteiger partial charge in [-0.25, -0.2) is 9.97 Å². The molecule has 0 bridgehead atoms. The van der Waals surface area contributed by atoms with Gasteiger partial charge in [0.25, 0.3) is 0 Å². The maximum Gasteiger partial charge on any atom is 0.177 e. The van der Waals surface area contributed by atoms with Crippen LogP contribution in [0.1, 0.15) is 38.7 Å². The second-order valence-corrected chi connectivity index (χ2v) is 3.95. The first-order valence-corrected chi connectivity index (χ1v) is 5.57. The van der Waals surface area contributed by atoms with Crippen molar-refractivity contribution in [2.24, 2.45) is 0 Å². The summed E-state index contributed by atoms with van der Waals surface area (Å²) in [5.41, 5.74) is 3.31. The fourth-order valence-electron chi connectivity index (χ4n) is 1.72. The molecule has 2 aromatic rings. The zero-order valence-electron chi connectivity index (χ0n) is 9.57. The van der Waals surface area contributed by atoms with Crippen molar-refractivity contribution in [1.29, 1.82) is 0 Å². The van der Waals surface area contributed by atoms with Gasteiger partial charge in [0.15, 0.2) is 5.65 Å². The summed E-state index contributed by atoms with van der Waals surface area (Å²) < 4.78 is 2.13. The van der Waals surface area contributed by atoms with Gasteiger partial charge in [-0.05, 0) is 30.9 Å². The third-order valence-corrected chi connectivity index (χ3v) is 3.02. The van der Waals surface area contributed by atoms with Gasteiger partial charge in [-0.2, -0.15) is 0 Å². The molecular formula is C12H17N3. The first kappa shape index (κ1) is 10.1. The number of nitrogens with zero attached hydrogens (tertiary/aromatic N) is 3. The zero-order valence-corrected chi connectivity index (χ0v) is 9.57. The van der Waals surface area contributed by atoms with Crippen LogP contribution in [0.2, 0.25) is 0 Å². The molecule has 0 saturated carbocycles. The predicted molar refractivity (Wildman–Crippen MR) is 61.9 cm³/mol. The van der Waals surface area contributed by atoms with Crippen molar-refractivity contribution >= 4 is 11.2 Å². The van der Waals surface area contributed by atoms with E-state index in [0.717, 1.165) is 24.1 Å². The third kappa shape index (κ3) is 1.74. The predicted octanol–water partition coefficient (Wildman–Crippen LogP) is 2.96. The zero-order chi connectivity index (χ0) is 10.8. The van der Waals surface area contributed by atoms with E-state index in [-0.39, 0.29) is 0 Å². The van der Waals surface area contributed by atoms with Crippen molar-refractivity contribution in [3.63, 3.8) is 0 Å². The first-order valence-electron chi connectivity index (χ1n) is 5.57. The van der Waals surface area contributed by atoms with Crippen LogP contribution < -0.4 is 0 Å². The van der Waals surface area contributed by atoms with Gasteiger partial charge in [0.2, 0.25) is 0 Å². The van der Waals surface area contributed by atoms with Crippen LogP contribution in [-0.2, 0) is 6.54 Å². The summed E-state index contributed by atoms with van der Waals surface area (Å²) in [6, 6.07) is 2.22. The second-order valence-electron chi connectivity index (χ2n) is 3.95. The molecule has 0 aromatic carbocycles. The minimum atomic E-state index is 0.571. The summed E-state index contributed by atoms with van der Waals surface area (Å²) in [4.78, 5) is 8.65. The van der Waals surface area contributed by atoms with E-state index in [4.69, 9.17) is 0 Å². The highest BCUT2D eigenvalue weighted by molar-refractivity contribution is 5.71. The highest BCUT2D eigenvalue weighted by atomic mass is 15.1. The van der Waals surface area contributed by atoms with Crippen molar-refractivity contribution in [2.45, 2.75) is 39.7 Å². The lowest BCUT2D eigenvalue weighted by molar-refractivity contribution is 0.729. The Hall–Kier alpha value is -1.38. The maximum absolute atomic E-state index is 4.39. The molecule has 1 atom stereocenters. The van der Waals surface area contributed by atoms with Crippen LogP contribution >= 0.6 is 0 Å². The molecule has 0 saturated heterocycles. The van der Waals surface area contributed by atoms with E-state index >= 15 is 0 Å². The van der Waals surface area contributed by atoms with Crippen LogP contribution in [-0.4, -0.2) is 14.5 Å². The summed E-state index contributed by atoms with van der Waals surface area (Å²) in [6.45, 7) is 7.50. The van der Waals surface area contributed by atoms with Crippen LogP contribution in [0.4, 0.5) is 0 Å². The summed E-state index contributed by atoms with van der Waals surface area (Å²) >= 11 is 0. The minimum absolute atomic E-state index is 0.571. The quantitative estimate of drug-likeness (QED) is 0.767. The minimum Gasteiger partial charge on any atom is -0.329 e. The Labute approximate surface area is 90.2 Å². The molecule has 0 fully saturated rings. The van der Waals surface area contributed by atoms with Crippen LogP contribution in [0, 0.1) is 0 Å². The molecule has 2 heterocycles. The number of fused-ring (bicyclic) bond motifs is 1. The van der Waals surface area contributed by atoms with E-state index in [0.29, 0.717) is 5.92 Å². The van der Waals surface area contributed by atoms with Crippen LogP contribution in [0.3, 0.4) is 0 Å². The lowest BCUT2D eigenvalue weighted by Crippen LogP contribution is -1.96. The Morgan fingerprint density at radius 1 is 1.33 bits per heavy atom. The van der Waals surface area contributed by atoms with E-state index in [1.165, 1.54) is 5.56 Å². The topological polar surface area (TPSA) is 30.7 Å². The largest absolute Gasteiger partial charge is 0.329 e. The number of hydrogen-bond acceptors (Lipinski definition) is 2. The normalized spacial score (nSPS) is 13.3. The van der Waals surface area contributed by atoms with Gasteiger partial charge in [0, 0.05) is 12.7 Å². The van der Waals surface area contributed by atoms with E-state index in [2.05, 4.69) is 41.4 Å². The summed E-state index contributed by atoms with van der Waals surface area (Å²) in [5, 5.41) is 0. The number of rotatable bonds is 3. The molecule has 80 valence electrons. The fourth-order valence-corrected chi connectivity index (χ4v) is 1.72. The Morgan fingerprint density at radius 2 is 2.13 bits per heavy atom. The molecule has 3 nitrogen and oxygen atoms in total. The molecule has 0 radical (unpaired) electrons. The fraction of sp³-hybridized carbons (Fsp3) is 0.500. The standard InChI is InChI=1S/C12H17N3/c1-4-9(3)10-6-11-12(13-7-10)14-8-15(11)5-2/h6-9H,4-5H2,1-3H3.